The van der Waals surface area contributed by atoms with Gasteiger partial charge in [-0.1, -0.05) is 36.4 Å². The molecule has 5 rings (SSSR count). The lowest BCUT2D eigenvalue weighted by Crippen LogP contribution is -2.53. The van der Waals surface area contributed by atoms with Gasteiger partial charge >= 0.3 is 0 Å². The molecule has 34 heavy (non-hydrogen) atoms. The quantitative estimate of drug-likeness (QED) is 0.595. The lowest BCUT2D eigenvalue weighted by molar-refractivity contribution is 0.360. The molecule has 2 fully saturated rings. The zero-order chi connectivity index (χ0) is 23.7. The summed E-state index contributed by atoms with van der Waals surface area (Å²) in [5.74, 6) is -0.357. The van der Waals surface area contributed by atoms with Gasteiger partial charge in [0.2, 0.25) is 0 Å². The van der Waals surface area contributed by atoms with Crippen LogP contribution in [-0.2, 0) is 16.3 Å². The number of hydrogen-bond donors (Lipinski definition) is 1. The Labute approximate surface area is 199 Å². The third-order valence-corrected chi connectivity index (χ3v) is 9.85. The molecule has 2 aliphatic heterocycles. The highest BCUT2D eigenvalue weighted by atomic mass is 32.2. The molecule has 0 saturated carbocycles. The topological polar surface area (TPSA) is 93.0 Å². The molecule has 180 valence electrons. The molecule has 8 nitrogen and oxygen atoms in total. The Morgan fingerprint density at radius 3 is 2.56 bits per heavy atom. The average Bonchev–Trinajstić information content (AvgIpc) is 3.38. The zero-order valence-electron chi connectivity index (χ0n) is 19.1. The Bertz CT molecular complexity index is 1210. The minimum Gasteiger partial charge on any atom is -0.371 e. The van der Waals surface area contributed by atoms with Gasteiger partial charge in [0, 0.05) is 31.4 Å². The van der Waals surface area contributed by atoms with Crippen LogP contribution in [0.5, 0.6) is 0 Å². The molecule has 1 N–H and O–H groups in total. The number of halogens is 1. The number of aromatic nitrogens is 4. The molecule has 1 aromatic heterocycles. The van der Waals surface area contributed by atoms with Crippen LogP contribution in [0.15, 0.2) is 54.9 Å². The molecule has 2 aromatic carbocycles. The number of sulfone groups is 1. The largest absolute Gasteiger partial charge is 0.371 e. The predicted molar refractivity (Wildman–Crippen MR) is 128 cm³/mol. The van der Waals surface area contributed by atoms with Gasteiger partial charge in [-0.2, -0.15) is 0 Å². The fraction of sp³-hybridized carbons (Fsp3) is 0.458. The van der Waals surface area contributed by atoms with E-state index >= 15 is 4.39 Å². The van der Waals surface area contributed by atoms with E-state index in [0.29, 0.717) is 12.1 Å². The molecule has 0 amide bonds. The Morgan fingerprint density at radius 1 is 1.12 bits per heavy atom. The molecule has 0 aliphatic carbocycles. The van der Waals surface area contributed by atoms with Crippen LogP contribution in [0.2, 0.25) is 0 Å². The smallest absolute Gasteiger partial charge is 0.163 e. The van der Waals surface area contributed by atoms with Gasteiger partial charge in [0.25, 0.3) is 0 Å². The van der Waals surface area contributed by atoms with Crippen LogP contribution in [0.3, 0.4) is 0 Å². The van der Waals surface area contributed by atoms with Crippen LogP contribution in [0, 0.1) is 5.82 Å². The molecule has 0 bridgehead atoms. The second-order valence-electron chi connectivity index (χ2n) is 9.21. The molecule has 2 saturated heterocycles. The molecular weight excluding hydrogens is 455 g/mol. The molecule has 2 unspecified atom stereocenters. The number of nitrogens with zero attached hydrogens (tertiary/aromatic N) is 5. The van der Waals surface area contributed by atoms with E-state index in [9.17, 15) is 8.42 Å². The summed E-state index contributed by atoms with van der Waals surface area (Å²) in [5.41, 5.74) is 2.02. The van der Waals surface area contributed by atoms with Crippen LogP contribution in [0.4, 0.5) is 10.1 Å². The minimum absolute atomic E-state index is 0.146. The van der Waals surface area contributed by atoms with E-state index in [0.717, 1.165) is 37.2 Å². The summed E-state index contributed by atoms with van der Waals surface area (Å²) < 4.78 is 44.0. The van der Waals surface area contributed by atoms with Crippen molar-refractivity contribution in [2.45, 2.75) is 48.8 Å². The van der Waals surface area contributed by atoms with E-state index in [4.69, 9.17) is 0 Å². The Balaban J connectivity index is 1.30. The van der Waals surface area contributed by atoms with Crippen molar-refractivity contribution >= 4 is 15.5 Å². The van der Waals surface area contributed by atoms with Gasteiger partial charge in [0.05, 0.1) is 16.5 Å². The van der Waals surface area contributed by atoms with E-state index in [1.165, 1.54) is 6.07 Å². The molecule has 3 heterocycles. The van der Waals surface area contributed by atoms with Crippen molar-refractivity contribution in [2.75, 3.05) is 24.5 Å². The lowest BCUT2D eigenvalue weighted by atomic mass is 10.0. The molecular formula is C24H29FN6O2S. The summed E-state index contributed by atoms with van der Waals surface area (Å²) >= 11 is 0. The van der Waals surface area contributed by atoms with Gasteiger partial charge in [0.15, 0.2) is 9.84 Å². The monoisotopic (exact) mass is 484 g/mol. The molecule has 3 aromatic rings. The van der Waals surface area contributed by atoms with Gasteiger partial charge in [-0.25, -0.2) is 17.5 Å². The first kappa shape index (κ1) is 22.9. The molecule has 3 atom stereocenters. The van der Waals surface area contributed by atoms with Crippen molar-refractivity contribution in [1.82, 2.24) is 25.5 Å². The van der Waals surface area contributed by atoms with Gasteiger partial charge in [-0.3, -0.25) is 0 Å². The maximum atomic E-state index is 15.2. The molecule has 0 radical (unpaired) electrons. The highest BCUT2D eigenvalue weighted by molar-refractivity contribution is 7.92. The first-order valence-corrected chi connectivity index (χ1v) is 13.3. The van der Waals surface area contributed by atoms with Gasteiger partial charge in [-0.05, 0) is 59.9 Å². The third-order valence-electron chi connectivity index (χ3n) is 7.20. The van der Waals surface area contributed by atoms with E-state index in [1.54, 1.807) is 17.1 Å². The number of piperidine rings is 1. The number of nitrogens with one attached hydrogen (secondary N) is 1. The van der Waals surface area contributed by atoms with Gasteiger partial charge in [0.1, 0.15) is 12.1 Å². The SMILES string of the molecule is C[C@@H]1NCC(c2ccccc2)S(=O)(=O)C1Cc1ccc(N2CCC(n3cnnn3)CC2)cc1F. The average molecular weight is 485 g/mol. The van der Waals surface area contributed by atoms with E-state index < -0.39 is 20.3 Å². The maximum Gasteiger partial charge on any atom is 0.163 e. The Morgan fingerprint density at radius 2 is 1.88 bits per heavy atom. The molecule has 2 aliphatic rings. The normalized spacial score (nSPS) is 25.4. The van der Waals surface area contributed by atoms with Crippen LogP contribution < -0.4 is 10.2 Å². The number of hydrogen-bond acceptors (Lipinski definition) is 7. The first-order valence-electron chi connectivity index (χ1n) is 11.7. The Hall–Kier alpha value is -2.85. The van der Waals surface area contributed by atoms with Crippen LogP contribution >= 0.6 is 0 Å². The fourth-order valence-electron chi connectivity index (χ4n) is 5.14. The maximum absolute atomic E-state index is 15.2. The summed E-state index contributed by atoms with van der Waals surface area (Å²) in [6.45, 7) is 3.79. The summed E-state index contributed by atoms with van der Waals surface area (Å²) in [4.78, 5) is 2.15. The first-order chi connectivity index (χ1) is 16.4. The van der Waals surface area contributed by atoms with Crippen molar-refractivity contribution < 1.29 is 12.8 Å². The predicted octanol–water partition coefficient (Wildman–Crippen LogP) is 2.71. The van der Waals surface area contributed by atoms with E-state index in [2.05, 4.69) is 25.7 Å². The highest BCUT2D eigenvalue weighted by Gasteiger charge is 2.42. The standard InChI is InChI=1S/C24H29FN6O2S/c1-17-23(34(32,33)24(15-26-17)18-5-3-2-4-6-18)13-19-7-8-21(14-22(19)25)30-11-9-20(10-12-30)31-16-27-28-29-31/h2-8,14,16-17,20,23-24,26H,9-13,15H2,1H3/t17-,23?,24?/m0/s1. The lowest BCUT2D eigenvalue weighted by Gasteiger charge is -2.36. The van der Waals surface area contributed by atoms with Crippen LogP contribution in [-0.4, -0.2) is 59.6 Å². The van der Waals surface area contributed by atoms with Crippen LogP contribution in [0.1, 0.15) is 42.2 Å². The third kappa shape index (κ3) is 4.44. The van der Waals surface area contributed by atoms with Crippen molar-refractivity contribution in [3.63, 3.8) is 0 Å². The number of rotatable bonds is 5. The summed E-state index contributed by atoms with van der Waals surface area (Å²) in [5, 5.41) is 13.4. The van der Waals surface area contributed by atoms with Gasteiger partial charge in [-0.15, -0.1) is 5.10 Å². The second-order valence-corrected chi connectivity index (χ2v) is 11.6. The zero-order valence-corrected chi connectivity index (χ0v) is 19.9. The van der Waals surface area contributed by atoms with Crippen LogP contribution in [0.25, 0.3) is 0 Å². The summed E-state index contributed by atoms with van der Waals surface area (Å²) in [7, 11) is -3.50. The van der Waals surface area contributed by atoms with E-state index in [-0.39, 0.29) is 24.3 Å². The number of benzene rings is 2. The fourth-order valence-corrected chi connectivity index (χ4v) is 7.51. The van der Waals surface area contributed by atoms with Crippen molar-refractivity contribution in [1.29, 1.82) is 0 Å². The van der Waals surface area contributed by atoms with Crippen molar-refractivity contribution in [3.05, 3.63) is 71.8 Å². The van der Waals surface area contributed by atoms with E-state index in [1.807, 2.05) is 43.3 Å². The second kappa shape index (κ2) is 9.42. The highest BCUT2D eigenvalue weighted by Crippen LogP contribution is 2.33. The number of anilines is 1. The minimum atomic E-state index is -3.50. The van der Waals surface area contributed by atoms with Gasteiger partial charge < -0.3 is 10.2 Å². The van der Waals surface area contributed by atoms with Crippen molar-refractivity contribution in [3.8, 4) is 0 Å². The molecule has 0 spiro atoms. The summed E-state index contributed by atoms with van der Waals surface area (Å²) in [6, 6.07) is 14.4. The summed E-state index contributed by atoms with van der Waals surface area (Å²) in [6.07, 6.45) is 3.52. The Kier molecular flexibility index (Phi) is 6.35. The molecule has 10 heteroatoms. The van der Waals surface area contributed by atoms with Crippen molar-refractivity contribution in [2.24, 2.45) is 0 Å². The number of tetrazole rings is 1.